The van der Waals surface area contributed by atoms with Gasteiger partial charge in [0.1, 0.15) is 11.5 Å². The molecule has 1 aliphatic carbocycles. The monoisotopic (exact) mass is 429 g/mol. The van der Waals surface area contributed by atoms with Gasteiger partial charge in [-0.1, -0.05) is 6.08 Å². The van der Waals surface area contributed by atoms with Crippen LogP contribution < -0.4 is 10.1 Å². The first-order chi connectivity index (χ1) is 15.6. The van der Waals surface area contributed by atoms with E-state index in [0.717, 1.165) is 43.0 Å². The molecule has 32 heavy (non-hydrogen) atoms. The van der Waals surface area contributed by atoms with Gasteiger partial charge in [0.15, 0.2) is 0 Å². The van der Waals surface area contributed by atoms with Crippen molar-refractivity contribution in [3.05, 3.63) is 71.7 Å². The first kappa shape index (κ1) is 19.4. The number of allylic oxidation sites excluding steroid dienone is 4. The second-order valence-electron chi connectivity index (χ2n) is 9.05. The summed E-state index contributed by atoms with van der Waals surface area (Å²) in [4.78, 5) is 19.0. The van der Waals surface area contributed by atoms with Gasteiger partial charge in [-0.2, -0.15) is 0 Å². The Morgan fingerprint density at radius 2 is 2.16 bits per heavy atom. The number of ether oxygens (including phenoxy) is 1. The Morgan fingerprint density at radius 1 is 1.22 bits per heavy atom. The molecule has 3 aliphatic rings. The minimum atomic E-state index is 0.0846. The van der Waals surface area contributed by atoms with Crippen LogP contribution in [0.4, 0.5) is 0 Å². The number of nitrogens with zero attached hydrogens (tertiary/aromatic N) is 4. The number of rotatable bonds is 0. The molecule has 0 spiro atoms. The number of aromatic nitrogens is 3. The number of hydrogen-bond donors (Lipinski definition) is 1. The molecule has 3 aromatic rings. The summed E-state index contributed by atoms with van der Waals surface area (Å²) in [6, 6.07) is 6.59. The summed E-state index contributed by atoms with van der Waals surface area (Å²) >= 11 is 0. The van der Waals surface area contributed by atoms with Crippen molar-refractivity contribution in [2.75, 3.05) is 13.1 Å². The van der Waals surface area contributed by atoms with Crippen LogP contribution in [0.25, 0.3) is 10.9 Å². The van der Waals surface area contributed by atoms with Crippen molar-refractivity contribution < 1.29 is 9.53 Å². The largest absolute Gasteiger partial charge is 0.462 e. The van der Waals surface area contributed by atoms with Crippen LogP contribution >= 0.6 is 0 Å². The van der Waals surface area contributed by atoms with Crippen LogP contribution in [0.5, 0.6) is 5.75 Å². The van der Waals surface area contributed by atoms with Crippen molar-refractivity contribution in [2.45, 2.75) is 38.4 Å². The molecule has 7 nitrogen and oxygen atoms in total. The van der Waals surface area contributed by atoms with E-state index in [-0.39, 0.29) is 11.9 Å². The van der Waals surface area contributed by atoms with E-state index in [2.05, 4.69) is 67.9 Å². The summed E-state index contributed by atoms with van der Waals surface area (Å²) in [5.41, 5.74) is 4.83. The van der Waals surface area contributed by atoms with Gasteiger partial charge in [-0.25, -0.2) is 4.98 Å². The smallest absolute Gasteiger partial charge is 0.234 e. The molecule has 1 saturated heterocycles. The molecule has 1 unspecified atom stereocenters. The number of carbonyl (C=O) groups excluding carboxylic acids is 1. The number of imidazole rings is 1. The number of carbonyl (C=O) groups is 1. The lowest BCUT2D eigenvalue weighted by atomic mass is 10.0. The molecule has 0 radical (unpaired) electrons. The second kappa shape index (κ2) is 7.67. The number of nitrogens with one attached hydrogen (secondary N) is 1. The van der Waals surface area contributed by atoms with Gasteiger partial charge in [-0.15, -0.1) is 0 Å². The quantitative estimate of drug-likeness (QED) is 0.597. The lowest BCUT2D eigenvalue weighted by molar-refractivity contribution is -0.125. The zero-order valence-corrected chi connectivity index (χ0v) is 18.3. The maximum Gasteiger partial charge on any atom is 0.234 e. The number of amides is 1. The first-order valence-electron chi connectivity index (χ1n) is 11.3. The van der Waals surface area contributed by atoms with Crippen LogP contribution in [0.15, 0.2) is 60.4 Å². The van der Waals surface area contributed by atoms with E-state index in [4.69, 9.17) is 4.74 Å². The highest BCUT2D eigenvalue weighted by Gasteiger charge is 2.28. The van der Waals surface area contributed by atoms with Crippen molar-refractivity contribution in [1.82, 2.24) is 24.3 Å². The Morgan fingerprint density at radius 3 is 3.09 bits per heavy atom. The Labute approximate surface area is 187 Å². The SMILES string of the molecule is Cn1cc2c3cc(ccc31)OC1=CC(=CCC1)Cn1cncc1CN1CC(=O)NCC1C2. The second-order valence-corrected chi connectivity index (χ2v) is 9.05. The highest BCUT2D eigenvalue weighted by Crippen LogP contribution is 2.30. The molecule has 2 aromatic heterocycles. The topological polar surface area (TPSA) is 64.3 Å². The highest BCUT2D eigenvalue weighted by molar-refractivity contribution is 5.85. The van der Waals surface area contributed by atoms with E-state index < -0.39 is 0 Å². The summed E-state index contributed by atoms with van der Waals surface area (Å²) < 4.78 is 10.7. The molecule has 1 atom stereocenters. The van der Waals surface area contributed by atoms with Gasteiger partial charge in [-0.3, -0.25) is 9.69 Å². The Hall–Kier alpha value is -3.32. The fraction of sp³-hybridized carbons (Fsp3) is 0.360. The van der Waals surface area contributed by atoms with Crippen molar-refractivity contribution >= 4 is 16.8 Å². The van der Waals surface area contributed by atoms with Gasteiger partial charge in [0.2, 0.25) is 5.91 Å². The molecule has 1 N–H and O–H groups in total. The van der Waals surface area contributed by atoms with E-state index in [1.54, 1.807) is 0 Å². The van der Waals surface area contributed by atoms with E-state index >= 15 is 0 Å². The van der Waals surface area contributed by atoms with Gasteiger partial charge in [0.25, 0.3) is 0 Å². The molecule has 1 amide bonds. The minimum absolute atomic E-state index is 0.0846. The molecule has 164 valence electrons. The van der Waals surface area contributed by atoms with Crippen molar-refractivity contribution in [3.8, 4) is 5.75 Å². The third-order valence-electron chi connectivity index (χ3n) is 6.81. The summed E-state index contributed by atoms with van der Waals surface area (Å²) in [6.45, 7) is 2.51. The third kappa shape index (κ3) is 3.52. The van der Waals surface area contributed by atoms with Crippen LogP contribution in [-0.2, 0) is 31.4 Å². The highest BCUT2D eigenvalue weighted by atomic mass is 16.5. The fourth-order valence-electron chi connectivity index (χ4n) is 5.16. The number of fused-ring (bicyclic) bond motifs is 4. The van der Waals surface area contributed by atoms with E-state index in [1.807, 2.05) is 12.5 Å². The van der Waals surface area contributed by atoms with Crippen molar-refractivity contribution in [3.63, 3.8) is 0 Å². The van der Waals surface area contributed by atoms with Crippen LogP contribution in [0.3, 0.4) is 0 Å². The normalized spacial score (nSPS) is 21.5. The third-order valence-corrected chi connectivity index (χ3v) is 6.81. The summed E-state index contributed by atoms with van der Waals surface area (Å²) in [6.07, 6.45) is 13.2. The number of hydrogen-bond acceptors (Lipinski definition) is 4. The van der Waals surface area contributed by atoms with Gasteiger partial charge in [0.05, 0.1) is 18.6 Å². The molecule has 6 rings (SSSR count). The summed E-state index contributed by atoms with van der Waals surface area (Å²) in [5.74, 6) is 1.97. The van der Waals surface area contributed by atoms with Gasteiger partial charge >= 0.3 is 0 Å². The molecule has 4 heterocycles. The number of aryl methyl sites for hydroxylation is 1. The average molecular weight is 430 g/mol. The van der Waals surface area contributed by atoms with Crippen LogP contribution in [-0.4, -0.2) is 44.1 Å². The Bertz CT molecular complexity index is 1260. The molecular formula is C25H27N5O2. The van der Waals surface area contributed by atoms with Crippen LogP contribution in [0, 0.1) is 0 Å². The van der Waals surface area contributed by atoms with Crippen LogP contribution in [0.2, 0.25) is 0 Å². The lowest BCUT2D eigenvalue weighted by Gasteiger charge is -2.35. The standard InChI is InChI=1S/C25H27N5O2/c1-28-13-18-8-19-11-27-25(31)15-29(19)14-20-10-26-16-30(20)12-17-3-2-4-21(7-17)32-22-5-6-24(28)23(18)9-22/h3,5-7,9-10,13,16,19H,2,4,8,11-12,14-15H2,1H3,(H,27,31). The predicted molar refractivity (Wildman–Crippen MR) is 122 cm³/mol. The number of benzene rings is 1. The number of piperazine rings is 1. The first-order valence-corrected chi connectivity index (χ1v) is 11.3. The zero-order valence-electron chi connectivity index (χ0n) is 18.3. The van der Waals surface area contributed by atoms with E-state index in [1.165, 1.54) is 22.0 Å². The van der Waals surface area contributed by atoms with Crippen molar-refractivity contribution in [2.24, 2.45) is 7.05 Å². The van der Waals surface area contributed by atoms with E-state index in [9.17, 15) is 4.79 Å². The Balaban J connectivity index is 1.46. The maximum absolute atomic E-state index is 12.3. The molecule has 1 fully saturated rings. The molecule has 7 heteroatoms. The molecule has 2 aliphatic heterocycles. The molecule has 0 saturated carbocycles. The molecule has 4 bridgehead atoms. The van der Waals surface area contributed by atoms with Gasteiger partial charge < -0.3 is 19.2 Å². The lowest BCUT2D eigenvalue weighted by Crippen LogP contribution is -2.54. The summed E-state index contributed by atoms with van der Waals surface area (Å²) in [7, 11) is 2.09. The average Bonchev–Trinajstić information content (AvgIpc) is 3.33. The van der Waals surface area contributed by atoms with Gasteiger partial charge in [-0.05, 0) is 48.3 Å². The Kier molecular flexibility index (Phi) is 4.64. The van der Waals surface area contributed by atoms with E-state index in [0.29, 0.717) is 19.6 Å². The van der Waals surface area contributed by atoms with Gasteiger partial charge in [0, 0.05) is 62.4 Å². The van der Waals surface area contributed by atoms with Crippen LogP contribution in [0.1, 0.15) is 24.1 Å². The minimum Gasteiger partial charge on any atom is -0.462 e. The predicted octanol–water partition coefficient (Wildman–Crippen LogP) is 2.91. The fourth-order valence-corrected chi connectivity index (χ4v) is 5.16. The maximum atomic E-state index is 12.3. The molecule has 1 aromatic carbocycles. The zero-order chi connectivity index (χ0) is 21.7. The van der Waals surface area contributed by atoms with Crippen molar-refractivity contribution in [1.29, 1.82) is 0 Å². The molecular weight excluding hydrogens is 402 g/mol. The summed E-state index contributed by atoms with van der Waals surface area (Å²) in [5, 5.41) is 4.28.